The molecule has 0 saturated carbocycles. The molecule has 27 heavy (non-hydrogen) atoms. The van der Waals surface area contributed by atoms with E-state index in [-0.39, 0.29) is 18.1 Å². The summed E-state index contributed by atoms with van der Waals surface area (Å²) in [6.07, 6.45) is 2.08. The van der Waals surface area contributed by atoms with Crippen molar-refractivity contribution < 1.29 is 4.92 Å². The number of aromatic nitrogens is 3. The monoisotopic (exact) mass is 412 g/mol. The number of likely N-dealkylation sites (tertiary alicyclic amines) is 1. The van der Waals surface area contributed by atoms with E-state index >= 15 is 0 Å². The average molecular weight is 413 g/mol. The summed E-state index contributed by atoms with van der Waals surface area (Å²) in [5.41, 5.74) is 0.963. The van der Waals surface area contributed by atoms with Crippen LogP contribution in [0.1, 0.15) is 36.0 Å². The Kier molecular flexibility index (Phi) is 6.31. The average Bonchev–Trinajstić information content (AvgIpc) is 3.08. The summed E-state index contributed by atoms with van der Waals surface area (Å²) in [6.45, 7) is 5.33. The molecule has 0 unspecified atom stereocenters. The fraction of sp³-hybridized carbons (Fsp3) is 0.529. The zero-order chi connectivity index (χ0) is 18.1. The van der Waals surface area contributed by atoms with Crippen molar-refractivity contribution in [1.29, 1.82) is 0 Å². The van der Waals surface area contributed by atoms with Gasteiger partial charge in [0.25, 0.3) is 5.69 Å². The molecule has 1 saturated heterocycles. The summed E-state index contributed by atoms with van der Waals surface area (Å²) >= 11 is 6.22. The van der Waals surface area contributed by atoms with Crippen LogP contribution in [0.25, 0.3) is 0 Å². The molecule has 1 N–H and O–H groups in total. The van der Waals surface area contributed by atoms with Crippen molar-refractivity contribution in [3.63, 3.8) is 0 Å². The standard InChI is InChI=1S/C17H21ClN6O2.ClH/c18-15-9-14(24(25)26)2-1-13(15)11-22-6-3-12(4-7-22)17-21-20-16-10-19-5-8-23(16)17;/h1-2,9,12,19H,3-8,10-11H2;1H. The second-order valence-electron chi connectivity index (χ2n) is 6.89. The van der Waals surface area contributed by atoms with Gasteiger partial charge in [0.2, 0.25) is 0 Å². The number of rotatable bonds is 4. The van der Waals surface area contributed by atoms with Gasteiger partial charge in [-0.1, -0.05) is 11.6 Å². The Hall–Kier alpha value is -1.74. The van der Waals surface area contributed by atoms with Crippen molar-refractivity contribution in [2.75, 3.05) is 19.6 Å². The van der Waals surface area contributed by atoms with Crippen molar-refractivity contribution in [1.82, 2.24) is 25.0 Å². The van der Waals surface area contributed by atoms with Gasteiger partial charge >= 0.3 is 0 Å². The van der Waals surface area contributed by atoms with Crippen LogP contribution in [0.3, 0.4) is 0 Å². The van der Waals surface area contributed by atoms with Gasteiger partial charge in [-0.2, -0.15) is 0 Å². The molecule has 3 heterocycles. The first-order valence-electron chi connectivity index (χ1n) is 8.89. The lowest BCUT2D eigenvalue weighted by Gasteiger charge is -2.32. The van der Waals surface area contributed by atoms with Gasteiger partial charge in [0.05, 0.1) is 16.5 Å². The number of nitrogens with zero attached hydrogens (tertiary/aromatic N) is 5. The van der Waals surface area contributed by atoms with E-state index in [1.54, 1.807) is 6.07 Å². The third-order valence-corrected chi connectivity index (χ3v) is 5.60. The Morgan fingerprint density at radius 2 is 2.04 bits per heavy atom. The highest BCUT2D eigenvalue weighted by atomic mass is 35.5. The van der Waals surface area contributed by atoms with E-state index in [4.69, 9.17) is 11.6 Å². The molecule has 0 atom stereocenters. The molecule has 0 spiro atoms. The number of nitrogens with one attached hydrogen (secondary N) is 1. The molecule has 0 aliphatic carbocycles. The third kappa shape index (κ3) is 4.24. The fourth-order valence-corrected chi connectivity index (χ4v) is 4.02. The first-order chi connectivity index (χ1) is 12.6. The Labute approximate surface area is 168 Å². The van der Waals surface area contributed by atoms with Gasteiger partial charge in [-0.15, -0.1) is 22.6 Å². The molecular formula is C17H22Cl2N6O2. The van der Waals surface area contributed by atoms with Crippen molar-refractivity contribution in [2.45, 2.75) is 38.4 Å². The molecule has 1 aromatic carbocycles. The van der Waals surface area contributed by atoms with Crippen LogP contribution >= 0.6 is 24.0 Å². The summed E-state index contributed by atoms with van der Waals surface area (Å²) in [5, 5.41) is 23.4. The third-order valence-electron chi connectivity index (χ3n) is 5.25. The van der Waals surface area contributed by atoms with E-state index in [2.05, 4.69) is 25.0 Å². The molecular weight excluding hydrogens is 391 g/mol. The normalized spacial score (nSPS) is 18.0. The van der Waals surface area contributed by atoms with Crippen molar-refractivity contribution in [3.8, 4) is 0 Å². The van der Waals surface area contributed by atoms with Crippen LogP contribution in [0, 0.1) is 10.1 Å². The number of non-ortho nitro benzene ring substituents is 1. The number of fused-ring (bicyclic) bond motifs is 1. The summed E-state index contributed by atoms with van der Waals surface area (Å²) in [4.78, 5) is 12.7. The minimum atomic E-state index is -0.421. The summed E-state index contributed by atoms with van der Waals surface area (Å²) < 4.78 is 2.27. The Morgan fingerprint density at radius 3 is 2.74 bits per heavy atom. The zero-order valence-corrected chi connectivity index (χ0v) is 16.4. The zero-order valence-electron chi connectivity index (χ0n) is 14.8. The van der Waals surface area contributed by atoms with Gasteiger partial charge in [-0.05, 0) is 37.6 Å². The number of piperidine rings is 1. The van der Waals surface area contributed by atoms with E-state index in [0.29, 0.717) is 17.5 Å². The minimum Gasteiger partial charge on any atom is -0.312 e. The lowest BCUT2D eigenvalue weighted by atomic mass is 9.95. The Morgan fingerprint density at radius 1 is 1.26 bits per heavy atom. The second-order valence-corrected chi connectivity index (χ2v) is 7.29. The van der Waals surface area contributed by atoms with Crippen LogP contribution in [-0.4, -0.2) is 44.2 Å². The molecule has 2 aliphatic heterocycles. The van der Waals surface area contributed by atoms with E-state index in [0.717, 1.165) is 62.8 Å². The lowest BCUT2D eigenvalue weighted by Crippen LogP contribution is -2.34. The first kappa shape index (κ1) is 20.0. The van der Waals surface area contributed by atoms with E-state index in [9.17, 15) is 10.1 Å². The molecule has 0 radical (unpaired) electrons. The molecule has 10 heteroatoms. The molecule has 1 fully saturated rings. The number of nitro groups is 1. The predicted octanol–water partition coefficient (Wildman–Crippen LogP) is 2.74. The summed E-state index contributed by atoms with van der Waals surface area (Å²) in [5.74, 6) is 2.60. The maximum atomic E-state index is 10.8. The highest BCUT2D eigenvalue weighted by molar-refractivity contribution is 6.31. The van der Waals surface area contributed by atoms with E-state index in [1.807, 2.05) is 0 Å². The van der Waals surface area contributed by atoms with Gasteiger partial charge in [0, 0.05) is 37.7 Å². The number of nitro benzene ring substituents is 1. The fourth-order valence-electron chi connectivity index (χ4n) is 3.78. The topological polar surface area (TPSA) is 89.1 Å². The van der Waals surface area contributed by atoms with Crippen LogP contribution in [0.15, 0.2) is 18.2 Å². The number of halogens is 2. The maximum Gasteiger partial charge on any atom is 0.270 e. The van der Waals surface area contributed by atoms with E-state index < -0.39 is 4.92 Å². The number of benzene rings is 1. The van der Waals surface area contributed by atoms with Gasteiger partial charge in [0.1, 0.15) is 11.6 Å². The van der Waals surface area contributed by atoms with Gasteiger partial charge < -0.3 is 9.88 Å². The van der Waals surface area contributed by atoms with Crippen LogP contribution in [0.5, 0.6) is 0 Å². The first-order valence-corrected chi connectivity index (χ1v) is 9.27. The molecule has 8 nitrogen and oxygen atoms in total. The molecule has 4 rings (SSSR count). The quantitative estimate of drug-likeness (QED) is 0.613. The molecule has 146 valence electrons. The molecule has 0 bridgehead atoms. The van der Waals surface area contributed by atoms with Crippen LogP contribution in [0.2, 0.25) is 5.02 Å². The van der Waals surface area contributed by atoms with Crippen LogP contribution in [-0.2, 0) is 19.6 Å². The Balaban J connectivity index is 0.00000210. The van der Waals surface area contributed by atoms with Gasteiger partial charge in [0.15, 0.2) is 0 Å². The number of hydrogen-bond acceptors (Lipinski definition) is 6. The Bertz CT molecular complexity index is 820. The smallest absolute Gasteiger partial charge is 0.270 e. The highest BCUT2D eigenvalue weighted by Crippen LogP contribution is 2.30. The van der Waals surface area contributed by atoms with E-state index in [1.165, 1.54) is 12.1 Å². The highest BCUT2D eigenvalue weighted by Gasteiger charge is 2.27. The van der Waals surface area contributed by atoms with Crippen LogP contribution in [0.4, 0.5) is 5.69 Å². The molecule has 2 aliphatic rings. The minimum absolute atomic E-state index is 0. The van der Waals surface area contributed by atoms with Crippen molar-refractivity contribution >= 4 is 29.7 Å². The van der Waals surface area contributed by atoms with Crippen molar-refractivity contribution in [3.05, 3.63) is 50.5 Å². The maximum absolute atomic E-state index is 10.8. The lowest BCUT2D eigenvalue weighted by molar-refractivity contribution is -0.384. The number of hydrogen-bond donors (Lipinski definition) is 1. The molecule has 2 aromatic rings. The molecule has 0 amide bonds. The van der Waals surface area contributed by atoms with Gasteiger partial charge in [-0.25, -0.2) is 0 Å². The second kappa shape index (κ2) is 8.52. The van der Waals surface area contributed by atoms with Gasteiger partial charge in [-0.3, -0.25) is 15.0 Å². The van der Waals surface area contributed by atoms with Crippen molar-refractivity contribution in [2.24, 2.45) is 0 Å². The molecule has 1 aromatic heterocycles. The SMILES string of the molecule is Cl.O=[N+]([O-])c1ccc(CN2CCC(c3nnc4n3CCNC4)CC2)c(Cl)c1. The summed E-state index contributed by atoms with van der Waals surface area (Å²) in [6, 6.07) is 4.71. The van der Waals surface area contributed by atoms with Crippen LogP contribution < -0.4 is 5.32 Å². The summed E-state index contributed by atoms with van der Waals surface area (Å²) in [7, 11) is 0. The largest absolute Gasteiger partial charge is 0.312 e. The predicted molar refractivity (Wildman–Crippen MR) is 104 cm³/mol.